The number of fused-ring (bicyclic) bond motifs is 1. The summed E-state index contributed by atoms with van der Waals surface area (Å²) in [7, 11) is 0. The number of aryl methyl sites for hydroxylation is 4. The van der Waals surface area contributed by atoms with E-state index in [4.69, 9.17) is 11.6 Å². The molecular formula is C26H24ClF3. The molecule has 0 aliphatic heterocycles. The van der Waals surface area contributed by atoms with E-state index in [2.05, 4.69) is 0 Å². The quantitative estimate of drug-likeness (QED) is 0.388. The van der Waals surface area contributed by atoms with Crippen LogP contribution >= 0.6 is 11.6 Å². The monoisotopic (exact) mass is 428 g/mol. The van der Waals surface area contributed by atoms with Crippen LogP contribution in [0.3, 0.4) is 0 Å². The molecule has 2 atom stereocenters. The Morgan fingerprint density at radius 2 is 1.40 bits per heavy atom. The van der Waals surface area contributed by atoms with Crippen LogP contribution in [0.1, 0.15) is 56.8 Å². The van der Waals surface area contributed by atoms with Crippen molar-refractivity contribution in [3.05, 3.63) is 104 Å². The van der Waals surface area contributed by atoms with Gasteiger partial charge in [0.2, 0.25) is 0 Å². The zero-order chi connectivity index (χ0) is 21.8. The minimum absolute atomic E-state index is 0.0410. The Hall–Kier alpha value is -2.26. The van der Waals surface area contributed by atoms with E-state index in [9.17, 15) is 0 Å². The van der Waals surface area contributed by atoms with Gasteiger partial charge in [0.1, 0.15) is 5.41 Å². The van der Waals surface area contributed by atoms with E-state index < -0.39 is 11.6 Å². The number of benzene rings is 3. The van der Waals surface area contributed by atoms with E-state index in [1.54, 1.807) is 30.3 Å². The van der Waals surface area contributed by atoms with Gasteiger partial charge in [0.15, 0.2) is 0 Å². The summed E-state index contributed by atoms with van der Waals surface area (Å²) >= 11 is 6.05. The molecule has 0 bridgehead atoms. The Balaban J connectivity index is 2.06. The first kappa shape index (κ1) is 21.0. The van der Waals surface area contributed by atoms with E-state index >= 15 is 13.2 Å². The molecule has 4 heteroatoms. The number of alkyl halides is 3. The Labute approximate surface area is 180 Å². The third-order valence-corrected chi connectivity index (χ3v) is 6.57. The maximum Gasteiger partial charge on any atom is 0.402 e. The van der Waals surface area contributed by atoms with Gasteiger partial charge in [0.25, 0.3) is 0 Å². The summed E-state index contributed by atoms with van der Waals surface area (Å²) in [5.41, 5.74) is 3.76. The lowest BCUT2D eigenvalue weighted by Crippen LogP contribution is -2.42. The van der Waals surface area contributed by atoms with Crippen molar-refractivity contribution in [1.82, 2.24) is 0 Å². The van der Waals surface area contributed by atoms with Crippen LogP contribution in [0.15, 0.2) is 54.6 Å². The van der Waals surface area contributed by atoms with Crippen molar-refractivity contribution < 1.29 is 13.2 Å². The largest absolute Gasteiger partial charge is 0.402 e. The molecule has 0 nitrogen and oxygen atoms in total. The molecule has 0 radical (unpaired) electrons. The summed E-state index contributed by atoms with van der Waals surface area (Å²) in [5.74, 6) is -0.347. The molecule has 0 saturated heterocycles. The lowest BCUT2D eigenvalue weighted by atomic mass is 9.73. The van der Waals surface area contributed by atoms with E-state index in [1.807, 2.05) is 52.0 Å². The van der Waals surface area contributed by atoms with Crippen LogP contribution in [0.25, 0.3) is 0 Å². The Morgan fingerprint density at radius 1 is 0.833 bits per heavy atom. The van der Waals surface area contributed by atoms with Gasteiger partial charge in [0.05, 0.1) is 0 Å². The Kier molecular flexibility index (Phi) is 5.01. The zero-order valence-corrected chi connectivity index (χ0v) is 18.2. The predicted molar refractivity (Wildman–Crippen MR) is 117 cm³/mol. The van der Waals surface area contributed by atoms with Gasteiger partial charge in [-0.3, -0.25) is 0 Å². The number of hydrogen-bond acceptors (Lipinski definition) is 0. The van der Waals surface area contributed by atoms with Crippen LogP contribution in [-0.4, -0.2) is 6.18 Å². The Bertz CT molecular complexity index is 1090. The van der Waals surface area contributed by atoms with Gasteiger partial charge in [0, 0.05) is 10.9 Å². The van der Waals surface area contributed by atoms with Gasteiger partial charge in [-0.15, -0.1) is 0 Å². The molecule has 1 aliphatic carbocycles. The standard InChI is InChI=1S/C26H24ClF3/c1-15-9-16(2)12-20(11-15)25(26(28,29)30)14-22(19-5-7-21(27)8-6-19)24-18(4)10-17(3)13-23(24)25/h5-13,22H,14H2,1-4H3/t22-,25+/m1/s1. The van der Waals surface area contributed by atoms with E-state index in [1.165, 1.54) is 0 Å². The van der Waals surface area contributed by atoms with Crippen LogP contribution < -0.4 is 0 Å². The molecule has 156 valence electrons. The highest BCUT2D eigenvalue weighted by atomic mass is 35.5. The molecule has 3 aromatic rings. The van der Waals surface area contributed by atoms with Gasteiger partial charge in [-0.05, 0) is 74.1 Å². The SMILES string of the molecule is Cc1cc(C)cc([C@@]2(C(F)(F)F)C[C@H](c3ccc(Cl)cc3)c3c(C)cc(C)cc32)c1. The highest BCUT2D eigenvalue weighted by molar-refractivity contribution is 6.30. The van der Waals surface area contributed by atoms with E-state index in [0.717, 1.165) is 33.4 Å². The number of hydrogen-bond donors (Lipinski definition) is 0. The third kappa shape index (κ3) is 3.24. The molecule has 30 heavy (non-hydrogen) atoms. The van der Waals surface area contributed by atoms with Crippen molar-refractivity contribution in [2.45, 2.75) is 51.6 Å². The lowest BCUT2D eigenvalue weighted by Gasteiger charge is -2.35. The van der Waals surface area contributed by atoms with Gasteiger partial charge in [-0.1, -0.05) is 70.8 Å². The van der Waals surface area contributed by atoms with Crippen LogP contribution in [0, 0.1) is 27.7 Å². The van der Waals surface area contributed by atoms with Crippen molar-refractivity contribution in [1.29, 1.82) is 0 Å². The highest BCUT2D eigenvalue weighted by Gasteiger charge is 2.62. The predicted octanol–water partition coefficient (Wildman–Crippen LogP) is 7.96. The molecule has 0 aromatic heterocycles. The molecule has 0 saturated carbocycles. The molecular weight excluding hydrogens is 405 g/mol. The van der Waals surface area contributed by atoms with Crippen molar-refractivity contribution in [2.24, 2.45) is 0 Å². The normalized spacial score (nSPS) is 21.0. The lowest BCUT2D eigenvalue weighted by molar-refractivity contribution is -0.178. The third-order valence-electron chi connectivity index (χ3n) is 6.32. The first-order chi connectivity index (χ1) is 14.0. The number of rotatable bonds is 2. The summed E-state index contributed by atoms with van der Waals surface area (Å²) in [6, 6.07) is 16.3. The fourth-order valence-corrected chi connectivity index (χ4v) is 5.34. The molecule has 4 rings (SSSR count). The zero-order valence-electron chi connectivity index (χ0n) is 17.5. The second-order valence-corrected chi connectivity index (χ2v) is 9.07. The summed E-state index contributed by atoms with van der Waals surface area (Å²) in [6.45, 7) is 7.50. The maximum atomic E-state index is 15.0. The molecule has 0 heterocycles. The smallest absolute Gasteiger partial charge is 0.170 e. The molecule has 0 amide bonds. The van der Waals surface area contributed by atoms with Crippen LogP contribution in [0.2, 0.25) is 5.02 Å². The molecule has 1 aliphatic rings. The highest BCUT2D eigenvalue weighted by Crippen LogP contribution is 2.60. The maximum absolute atomic E-state index is 15.0. The summed E-state index contributed by atoms with van der Waals surface area (Å²) < 4.78 is 45.1. The second kappa shape index (κ2) is 7.16. The van der Waals surface area contributed by atoms with Crippen molar-refractivity contribution in [3.63, 3.8) is 0 Å². The second-order valence-electron chi connectivity index (χ2n) is 8.63. The molecule has 0 unspecified atom stereocenters. The fraction of sp³-hybridized carbons (Fsp3) is 0.308. The Morgan fingerprint density at radius 3 is 1.97 bits per heavy atom. The van der Waals surface area contributed by atoms with Crippen molar-refractivity contribution >= 4 is 11.6 Å². The molecule has 0 N–H and O–H groups in total. The van der Waals surface area contributed by atoms with Crippen molar-refractivity contribution in [3.8, 4) is 0 Å². The van der Waals surface area contributed by atoms with Crippen molar-refractivity contribution in [2.75, 3.05) is 0 Å². The summed E-state index contributed by atoms with van der Waals surface area (Å²) in [6.07, 6.45) is -4.47. The minimum atomic E-state index is -4.43. The topological polar surface area (TPSA) is 0 Å². The van der Waals surface area contributed by atoms with Crippen LogP contribution in [-0.2, 0) is 5.41 Å². The summed E-state index contributed by atoms with van der Waals surface area (Å²) in [5, 5.41) is 0.578. The van der Waals surface area contributed by atoms with Gasteiger partial charge in [-0.25, -0.2) is 0 Å². The fourth-order valence-electron chi connectivity index (χ4n) is 5.22. The average molecular weight is 429 g/mol. The van der Waals surface area contributed by atoms with Gasteiger partial charge >= 0.3 is 6.18 Å². The van der Waals surface area contributed by atoms with Gasteiger partial charge < -0.3 is 0 Å². The molecule has 3 aromatic carbocycles. The minimum Gasteiger partial charge on any atom is -0.170 e. The van der Waals surface area contributed by atoms with E-state index in [-0.39, 0.29) is 12.3 Å². The average Bonchev–Trinajstić information content (AvgIpc) is 2.98. The molecule has 0 fully saturated rings. The first-order valence-corrected chi connectivity index (χ1v) is 10.4. The first-order valence-electron chi connectivity index (χ1n) is 10.1. The van der Waals surface area contributed by atoms with Gasteiger partial charge in [-0.2, -0.15) is 13.2 Å². The van der Waals surface area contributed by atoms with Crippen LogP contribution in [0.5, 0.6) is 0 Å². The van der Waals surface area contributed by atoms with Crippen LogP contribution in [0.4, 0.5) is 13.2 Å². The number of halogens is 4. The summed E-state index contributed by atoms with van der Waals surface area (Å²) in [4.78, 5) is 0. The molecule has 0 spiro atoms. The van der Waals surface area contributed by atoms with E-state index in [0.29, 0.717) is 16.1 Å².